The van der Waals surface area contributed by atoms with Gasteiger partial charge in [-0.1, -0.05) is 19.9 Å². The smallest absolute Gasteiger partial charge is 0.413 e. The molecule has 1 amide bonds. The predicted molar refractivity (Wildman–Crippen MR) is 77.9 cm³/mol. The Hall–Kier alpha value is -1.14. The fourth-order valence-electron chi connectivity index (χ4n) is 1.17. The highest BCUT2D eigenvalue weighted by Gasteiger charge is 2.06. The molecule has 0 radical (unpaired) electrons. The molecule has 2 N–H and O–H groups in total. The van der Waals surface area contributed by atoms with Crippen molar-refractivity contribution in [1.82, 2.24) is 10.6 Å². The summed E-state index contributed by atoms with van der Waals surface area (Å²) < 4.78 is 4.95. The minimum Gasteiger partial charge on any atom is -0.449 e. The molecule has 0 aliphatic carbocycles. The number of thiophene rings is 1. The third-order valence-corrected chi connectivity index (χ3v) is 3.18. The van der Waals surface area contributed by atoms with Crippen molar-refractivity contribution in [1.29, 1.82) is 0 Å². The zero-order chi connectivity index (χ0) is 13.4. The summed E-state index contributed by atoms with van der Waals surface area (Å²) >= 11 is 6.69. The molecule has 1 aromatic rings. The van der Waals surface area contributed by atoms with Gasteiger partial charge in [-0.25, -0.2) is 4.79 Å². The average Bonchev–Trinajstić information content (AvgIpc) is 2.79. The van der Waals surface area contributed by atoms with Crippen molar-refractivity contribution in [2.24, 2.45) is 5.92 Å². The summed E-state index contributed by atoms with van der Waals surface area (Å²) in [4.78, 5) is 12.6. The molecule has 4 nitrogen and oxygen atoms in total. The number of carbonyl (C=O) groups excluding carboxylic acids is 1. The highest BCUT2D eigenvalue weighted by Crippen LogP contribution is 2.07. The molecule has 18 heavy (non-hydrogen) atoms. The van der Waals surface area contributed by atoms with Crippen LogP contribution in [0.15, 0.2) is 17.5 Å². The van der Waals surface area contributed by atoms with E-state index in [0.717, 1.165) is 6.42 Å². The largest absolute Gasteiger partial charge is 0.449 e. The lowest BCUT2D eigenvalue weighted by molar-refractivity contribution is 0.138. The summed E-state index contributed by atoms with van der Waals surface area (Å²) in [7, 11) is 0. The van der Waals surface area contributed by atoms with Gasteiger partial charge in [0.05, 0.1) is 6.61 Å². The monoisotopic (exact) mass is 286 g/mol. The molecule has 0 aliphatic rings. The third-order valence-electron chi connectivity index (χ3n) is 2.00. The molecule has 100 valence electrons. The SMILES string of the molecule is CC(C)COC(=O)NC(=S)NCCc1cccs1. The van der Waals surface area contributed by atoms with Gasteiger partial charge in [-0.15, -0.1) is 11.3 Å². The Morgan fingerprint density at radius 2 is 2.33 bits per heavy atom. The lowest BCUT2D eigenvalue weighted by atomic mass is 10.2. The quantitative estimate of drug-likeness (QED) is 0.817. The number of ether oxygens (including phenoxy) is 1. The van der Waals surface area contributed by atoms with E-state index >= 15 is 0 Å². The van der Waals surface area contributed by atoms with Crippen LogP contribution in [0.4, 0.5) is 4.79 Å². The predicted octanol–water partition coefficient (Wildman–Crippen LogP) is 2.55. The lowest BCUT2D eigenvalue weighted by Crippen LogP contribution is -2.40. The number of carbonyl (C=O) groups is 1. The second-order valence-corrected chi connectivity index (χ2v) is 5.64. The van der Waals surface area contributed by atoms with E-state index in [9.17, 15) is 4.79 Å². The first-order valence-electron chi connectivity index (χ1n) is 5.82. The van der Waals surface area contributed by atoms with Gasteiger partial charge in [0.2, 0.25) is 0 Å². The molecule has 1 heterocycles. The summed E-state index contributed by atoms with van der Waals surface area (Å²) in [6, 6.07) is 4.08. The Kier molecular flexibility index (Phi) is 6.67. The number of hydrogen-bond acceptors (Lipinski definition) is 4. The van der Waals surface area contributed by atoms with Crippen molar-refractivity contribution in [2.45, 2.75) is 20.3 Å². The van der Waals surface area contributed by atoms with Crippen LogP contribution in [0.5, 0.6) is 0 Å². The Labute approximate surface area is 117 Å². The van der Waals surface area contributed by atoms with E-state index in [2.05, 4.69) is 16.7 Å². The van der Waals surface area contributed by atoms with Gasteiger partial charge in [-0.05, 0) is 36.0 Å². The van der Waals surface area contributed by atoms with Gasteiger partial charge in [0.1, 0.15) is 0 Å². The van der Waals surface area contributed by atoms with Crippen molar-refractivity contribution < 1.29 is 9.53 Å². The van der Waals surface area contributed by atoms with Gasteiger partial charge in [0, 0.05) is 11.4 Å². The van der Waals surface area contributed by atoms with Gasteiger partial charge < -0.3 is 10.1 Å². The number of nitrogens with one attached hydrogen (secondary N) is 2. The van der Waals surface area contributed by atoms with Crippen LogP contribution in [0, 0.1) is 5.92 Å². The van der Waals surface area contributed by atoms with Crippen LogP contribution >= 0.6 is 23.6 Å². The first-order chi connectivity index (χ1) is 8.58. The molecule has 0 atom stereocenters. The number of amides is 1. The Bertz CT molecular complexity index is 377. The molecule has 0 bridgehead atoms. The second kappa shape index (κ2) is 8.05. The molecule has 1 aromatic heterocycles. The summed E-state index contributed by atoms with van der Waals surface area (Å²) in [6.45, 7) is 5.04. The van der Waals surface area contributed by atoms with Gasteiger partial charge >= 0.3 is 6.09 Å². The maximum Gasteiger partial charge on any atom is 0.413 e. The highest BCUT2D eigenvalue weighted by molar-refractivity contribution is 7.80. The fraction of sp³-hybridized carbons (Fsp3) is 0.500. The zero-order valence-electron chi connectivity index (χ0n) is 10.6. The lowest BCUT2D eigenvalue weighted by Gasteiger charge is -2.10. The van der Waals surface area contributed by atoms with Gasteiger partial charge in [0.25, 0.3) is 0 Å². The number of alkyl carbamates (subject to hydrolysis) is 1. The van der Waals surface area contributed by atoms with Crippen molar-refractivity contribution in [2.75, 3.05) is 13.2 Å². The van der Waals surface area contributed by atoms with E-state index in [-0.39, 0.29) is 0 Å². The summed E-state index contributed by atoms with van der Waals surface area (Å²) in [5, 5.41) is 7.79. The van der Waals surface area contributed by atoms with E-state index in [4.69, 9.17) is 17.0 Å². The Morgan fingerprint density at radius 3 is 2.94 bits per heavy atom. The molecule has 0 aromatic carbocycles. The Morgan fingerprint density at radius 1 is 1.56 bits per heavy atom. The van der Waals surface area contributed by atoms with E-state index < -0.39 is 6.09 Å². The van der Waals surface area contributed by atoms with E-state index in [0.29, 0.717) is 24.2 Å². The minimum absolute atomic E-state index is 0.306. The molecule has 0 spiro atoms. The molecule has 0 saturated carbocycles. The first-order valence-corrected chi connectivity index (χ1v) is 7.10. The van der Waals surface area contributed by atoms with Crippen molar-refractivity contribution >= 4 is 34.8 Å². The maximum absolute atomic E-state index is 11.3. The first kappa shape index (κ1) is 14.9. The standard InChI is InChI=1S/C12H18N2O2S2/c1-9(2)8-16-12(15)14-11(17)13-6-5-10-4-3-7-18-10/h3-4,7,9H,5-6,8H2,1-2H3,(H2,13,14,15,17). The number of hydrogen-bond donors (Lipinski definition) is 2. The van der Waals surface area contributed by atoms with E-state index in [1.807, 2.05) is 25.3 Å². The molecule has 0 unspecified atom stereocenters. The minimum atomic E-state index is -0.502. The zero-order valence-corrected chi connectivity index (χ0v) is 12.2. The summed E-state index contributed by atoms with van der Waals surface area (Å²) in [5.41, 5.74) is 0. The molecule has 0 fully saturated rings. The fourth-order valence-corrected chi connectivity index (χ4v) is 2.06. The van der Waals surface area contributed by atoms with Crippen LogP contribution < -0.4 is 10.6 Å². The van der Waals surface area contributed by atoms with E-state index in [1.165, 1.54) is 4.88 Å². The van der Waals surface area contributed by atoms with E-state index in [1.54, 1.807) is 11.3 Å². The molecule has 0 aliphatic heterocycles. The van der Waals surface area contributed by atoms with Gasteiger partial charge in [-0.2, -0.15) is 0 Å². The summed E-state index contributed by atoms with van der Waals surface area (Å²) in [6.07, 6.45) is 0.387. The molecular weight excluding hydrogens is 268 g/mol. The summed E-state index contributed by atoms with van der Waals surface area (Å²) in [5.74, 6) is 0.316. The topological polar surface area (TPSA) is 50.4 Å². The van der Waals surface area contributed by atoms with Crippen LogP contribution in [0.3, 0.4) is 0 Å². The van der Waals surface area contributed by atoms with Gasteiger partial charge in [0.15, 0.2) is 5.11 Å². The van der Waals surface area contributed by atoms with Crippen LogP contribution in [-0.4, -0.2) is 24.4 Å². The average molecular weight is 286 g/mol. The highest BCUT2D eigenvalue weighted by atomic mass is 32.1. The van der Waals surface area contributed by atoms with Crippen molar-refractivity contribution in [3.8, 4) is 0 Å². The van der Waals surface area contributed by atoms with Crippen LogP contribution in [0.1, 0.15) is 18.7 Å². The molecular formula is C12H18N2O2S2. The second-order valence-electron chi connectivity index (χ2n) is 4.20. The van der Waals surface area contributed by atoms with Crippen molar-refractivity contribution in [3.63, 3.8) is 0 Å². The molecule has 0 saturated heterocycles. The Balaban J connectivity index is 2.11. The molecule has 6 heteroatoms. The number of rotatable bonds is 5. The third kappa shape index (κ3) is 6.56. The van der Waals surface area contributed by atoms with Gasteiger partial charge in [-0.3, -0.25) is 5.32 Å². The maximum atomic E-state index is 11.3. The molecule has 1 rings (SSSR count). The van der Waals surface area contributed by atoms with Crippen molar-refractivity contribution in [3.05, 3.63) is 22.4 Å². The van der Waals surface area contributed by atoms with Crippen LogP contribution in [0.25, 0.3) is 0 Å². The number of thiocarbonyl (C=S) groups is 1. The van der Waals surface area contributed by atoms with Crippen LogP contribution in [0.2, 0.25) is 0 Å². The normalized spacial score (nSPS) is 10.2. The van der Waals surface area contributed by atoms with Crippen LogP contribution in [-0.2, 0) is 11.2 Å².